The Bertz CT molecular complexity index is 293. The van der Waals surface area contributed by atoms with E-state index in [0.717, 1.165) is 24.0 Å². The number of quaternary nitrogens is 1. The van der Waals surface area contributed by atoms with Crippen LogP contribution in [-0.4, -0.2) is 55.8 Å². The summed E-state index contributed by atoms with van der Waals surface area (Å²) in [6.45, 7) is 1.84. The van der Waals surface area contributed by atoms with Crippen LogP contribution in [0.1, 0.15) is 19.3 Å². The Hall–Kier alpha value is -0.810. The number of likely N-dealkylation sites (N-methyl/N-ethyl adjacent to an activating group) is 1. The van der Waals surface area contributed by atoms with E-state index >= 15 is 0 Å². The number of rotatable bonds is 5. The first-order valence-electron chi connectivity index (χ1n) is 5.66. The van der Waals surface area contributed by atoms with Crippen LogP contribution in [0.25, 0.3) is 0 Å². The lowest BCUT2D eigenvalue weighted by atomic mass is 10.3. The number of nitrogens with zero attached hydrogens (tertiary/aromatic N) is 1. The summed E-state index contributed by atoms with van der Waals surface area (Å²) in [5, 5.41) is 0. The Balaban J connectivity index is 2.20. The van der Waals surface area contributed by atoms with Crippen LogP contribution >= 0.6 is 11.6 Å². The summed E-state index contributed by atoms with van der Waals surface area (Å²) >= 11 is 5.22. The lowest BCUT2D eigenvalue weighted by molar-refractivity contribution is -0.879. The Kier molecular flexibility index (Phi) is 5.21. The van der Waals surface area contributed by atoms with Crippen LogP contribution in [0.15, 0.2) is 0 Å². The van der Waals surface area contributed by atoms with Crippen LogP contribution in [0.4, 0.5) is 0 Å². The number of ether oxygens (including phenoxy) is 2. The highest BCUT2D eigenvalue weighted by atomic mass is 35.5. The summed E-state index contributed by atoms with van der Waals surface area (Å²) in [5.41, 5.74) is 0. The van der Waals surface area contributed by atoms with Gasteiger partial charge in [-0.15, -0.1) is 0 Å². The maximum Gasteiger partial charge on any atom is 0.307 e. The minimum atomic E-state index is -0.473. The summed E-state index contributed by atoms with van der Waals surface area (Å²) in [7, 11) is 4.21. The summed E-state index contributed by atoms with van der Waals surface area (Å²) < 4.78 is 10.7. The third-order valence-corrected chi connectivity index (χ3v) is 2.91. The van der Waals surface area contributed by atoms with Crippen molar-refractivity contribution >= 4 is 23.5 Å². The number of hydrogen-bond acceptors (Lipinski definition) is 4. The van der Waals surface area contributed by atoms with E-state index in [1.54, 1.807) is 0 Å². The highest BCUT2D eigenvalue weighted by Gasteiger charge is 2.33. The van der Waals surface area contributed by atoms with Crippen molar-refractivity contribution in [1.82, 2.24) is 0 Å². The first kappa shape index (κ1) is 14.3. The van der Waals surface area contributed by atoms with Gasteiger partial charge in [0.25, 0.3) is 0 Å². The molecule has 0 aromatic heterocycles. The molecule has 0 amide bonds. The molecular formula is C11H19ClNO4+. The third-order valence-electron chi connectivity index (χ3n) is 2.80. The normalized spacial score (nSPS) is 22.2. The number of carbonyl (C=O) groups is 2. The lowest BCUT2D eigenvalue weighted by Gasteiger charge is -2.22. The lowest BCUT2D eigenvalue weighted by Crippen LogP contribution is -2.38. The third kappa shape index (κ3) is 5.37. The molecule has 1 rings (SSSR count). The summed E-state index contributed by atoms with van der Waals surface area (Å²) in [5.74, 6) is -0.817. The van der Waals surface area contributed by atoms with Gasteiger partial charge >= 0.3 is 11.9 Å². The van der Waals surface area contributed by atoms with Crippen LogP contribution < -0.4 is 0 Å². The topological polar surface area (TPSA) is 52.6 Å². The van der Waals surface area contributed by atoms with Crippen molar-refractivity contribution in [3.05, 3.63) is 0 Å². The minimum Gasteiger partial charge on any atom is -0.456 e. The van der Waals surface area contributed by atoms with Gasteiger partial charge in [0.05, 0.1) is 33.5 Å². The van der Waals surface area contributed by atoms with Gasteiger partial charge in [0.2, 0.25) is 0 Å². The van der Waals surface area contributed by atoms with E-state index in [1.807, 2.05) is 0 Å². The van der Waals surface area contributed by atoms with Crippen molar-refractivity contribution in [3.63, 3.8) is 0 Å². The first-order valence-corrected chi connectivity index (χ1v) is 6.19. The van der Waals surface area contributed by atoms with E-state index in [1.165, 1.54) is 0 Å². The van der Waals surface area contributed by atoms with Crippen LogP contribution in [-0.2, 0) is 19.1 Å². The smallest absolute Gasteiger partial charge is 0.307 e. The molecule has 0 radical (unpaired) electrons. The first-order chi connectivity index (χ1) is 7.93. The predicted octanol–water partition coefficient (Wildman–Crippen LogP) is 0.898. The van der Waals surface area contributed by atoms with Gasteiger partial charge < -0.3 is 14.0 Å². The largest absolute Gasteiger partial charge is 0.456 e. The van der Waals surface area contributed by atoms with Gasteiger partial charge in [0, 0.05) is 6.42 Å². The van der Waals surface area contributed by atoms with Crippen molar-refractivity contribution in [2.75, 3.05) is 33.3 Å². The number of halogens is 1. The van der Waals surface area contributed by atoms with Crippen LogP contribution in [0.5, 0.6) is 0 Å². The Morgan fingerprint density at radius 1 is 1.29 bits per heavy atom. The Morgan fingerprint density at radius 3 is 2.47 bits per heavy atom. The fourth-order valence-electron chi connectivity index (χ4n) is 1.91. The zero-order valence-corrected chi connectivity index (χ0v) is 11.0. The van der Waals surface area contributed by atoms with Gasteiger partial charge in [-0.05, 0) is 0 Å². The van der Waals surface area contributed by atoms with E-state index in [9.17, 15) is 9.59 Å². The van der Waals surface area contributed by atoms with E-state index in [-0.39, 0.29) is 31.0 Å². The molecule has 1 unspecified atom stereocenters. The standard InChI is InChI=1S/C11H19ClNO4/c1-13(2)6-5-9(7-13)17-11(15)4-3-10(14)16-8-12/h9H,3-8H2,1-2H3/q+1. The SMILES string of the molecule is C[N+]1(C)CCC(OC(=O)CCC(=O)OCCl)C1. The number of hydrogen-bond donors (Lipinski definition) is 0. The Labute approximate surface area is 106 Å². The monoisotopic (exact) mass is 264 g/mol. The molecule has 5 nitrogen and oxygen atoms in total. The van der Waals surface area contributed by atoms with Gasteiger partial charge in [-0.2, -0.15) is 0 Å². The second-order valence-corrected chi connectivity index (χ2v) is 5.09. The molecule has 1 atom stereocenters. The van der Waals surface area contributed by atoms with E-state index in [2.05, 4.69) is 18.8 Å². The molecule has 0 aromatic rings. The summed E-state index contributed by atoms with van der Waals surface area (Å²) in [6, 6.07) is -0.178. The molecule has 0 saturated carbocycles. The second-order valence-electron chi connectivity index (χ2n) is 4.87. The molecular weight excluding hydrogens is 246 g/mol. The molecule has 0 N–H and O–H groups in total. The van der Waals surface area contributed by atoms with E-state index in [0.29, 0.717) is 0 Å². The Morgan fingerprint density at radius 2 is 1.94 bits per heavy atom. The molecule has 0 aromatic carbocycles. The molecule has 0 spiro atoms. The molecule has 0 bridgehead atoms. The van der Waals surface area contributed by atoms with Gasteiger partial charge in [-0.3, -0.25) is 9.59 Å². The van der Waals surface area contributed by atoms with Crippen molar-refractivity contribution in [3.8, 4) is 0 Å². The van der Waals surface area contributed by atoms with Gasteiger partial charge in [-0.25, -0.2) is 0 Å². The molecule has 1 aliphatic rings. The molecule has 1 fully saturated rings. The molecule has 98 valence electrons. The van der Waals surface area contributed by atoms with Crippen molar-refractivity contribution in [1.29, 1.82) is 0 Å². The van der Waals surface area contributed by atoms with Gasteiger partial charge in [0.15, 0.2) is 12.2 Å². The summed E-state index contributed by atoms with van der Waals surface area (Å²) in [4.78, 5) is 22.4. The molecule has 17 heavy (non-hydrogen) atoms. The zero-order valence-electron chi connectivity index (χ0n) is 10.3. The number of carbonyl (C=O) groups excluding carboxylic acids is 2. The summed E-state index contributed by atoms with van der Waals surface area (Å²) in [6.07, 6.45) is 0.933. The van der Waals surface area contributed by atoms with Crippen molar-refractivity contribution in [2.24, 2.45) is 0 Å². The zero-order chi connectivity index (χ0) is 12.9. The van der Waals surface area contributed by atoms with Crippen LogP contribution in [0, 0.1) is 0 Å². The highest BCUT2D eigenvalue weighted by Crippen LogP contribution is 2.17. The average Bonchev–Trinajstić information content (AvgIpc) is 2.55. The van der Waals surface area contributed by atoms with Crippen LogP contribution in [0.3, 0.4) is 0 Å². The molecule has 0 aliphatic carbocycles. The maximum atomic E-state index is 11.4. The number of esters is 2. The molecule has 1 saturated heterocycles. The predicted molar refractivity (Wildman–Crippen MR) is 62.4 cm³/mol. The van der Waals surface area contributed by atoms with Crippen molar-refractivity contribution < 1.29 is 23.5 Å². The number of alkyl halides is 1. The molecule has 1 aliphatic heterocycles. The highest BCUT2D eigenvalue weighted by molar-refractivity contribution is 6.17. The quantitative estimate of drug-likeness (QED) is 0.421. The fourth-order valence-corrected chi connectivity index (χ4v) is 2.03. The minimum absolute atomic E-state index is 0.0243. The number of likely N-dealkylation sites (tertiary alicyclic amines) is 1. The maximum absolute atomic E-state index is 11.4. The van der Waals surface area contributed by atoms with Gasteiger partial charge in [-0.1, -0.05) is 11.6 Å². The molecule has 1 heterocycles. The van der Waals surface area contributed by atoms with Crippen molar-refractivity contribution in [2.45, 2.75) is 25.4 Å². The van der Waals surface area contributed by atoms with E-state index in [4.69, 9.17) is 16.3 Å². The van der Waals surface area contributed by atoms with Crippen LogP contribution in [0.2, 0.25) is 0 Å². The fraction of sp³-hybridized carbons (Fsp3) is 0.818. The average molecular weight is 265 g/mol. The molecule has 6 heteroatoms. The van der Waals surface area contributed by atoms with E-state index < -0.39 is 5.97 Å². The second kappa shape index (κ2) is 6.21. The van der Waals surface area contributed by atoms with Gasteiger partial charge in [0.1, 0.15) is 6.54 Å².